The summed E-state index contributed by atoms with van der Waals surface area (Å²) in [7, 11) is 0. The quantitative estimate of drug-likeness (QED) is 0.441. The number of nitrogens with one attached hydrogen (secondary N) is 1. The molecule has 7 heteroatoms. The minimum atomic E-state index is -1.03. The van der Waals surface area contributed by atoms with Gasteiger partial charge in [0.2, 0.25) is 11.8 Å². The van der Waals surface area contributed by atoms with Gasteiger partial charge in [0.05, 0.1) is 11.8 Å². The number of rotatable bonds is 6. The van der Waals surface area contributed by atoms with Crippen LogP contribution in [0.1, 0.15) is 25.8 Å². The molecular weight excluding hydrogens is 384 g/mol. The van der Waals surface area contributed by atoms with Crippen molar-refractivity contribution in [3.63, 3.8) is 0 Å². The van der Waals surface area contributed by atoms with Gasteiger partial charge in [0.25, 0.3) is 5.91 Å². The number of likely N-dealkylation sites (tertiary alicyclic amines) is 1. The summed E-state index contributed by atoms with van der Waals surface area (Å²) >= 11 is 0. The van der Waals surface area contributed by atoms with Crippen LogP contribution in [0.5, 0.6) is 0 Å². The van der Waals surface area contributed by atoms with Crippen molar-refractivity contribution in [2.45, 2.75) is 33.2 Å². The van der Waals surface area contributed by atoms with Crippen LogP contribution in [0.4, 0.5) is 5.69 Å². The maximum absolute atomic E-state index is 13.0. The summed E-state index contributed by atoms with van der Waals surface area (Å²) in [6, 6.07) is 6.21. The smallest absolute Gasteiger partial charge is 0.330 e. The van der Waals surface area contributed by atoms with Crippen LogP contribution in [0.2, 0.25) is 0 Å². The van der Waals surface area contributed by atoms with Crippen LogP contribution in [0.15, 0.2) is 36.4 Å². The average molecular weight is 410 g/mol. The Morgan fingerprint density at radius 2 is 1.63 bits per heavy atom. The summed E-state index contributed by atoms with van der Waals surface area (Å²) in [5.41, 5.74) is 1.66. The highest BCUT2D eigenvalue weighted by Gasteiger charge is 2.61. The fourth-order valence-electron chi connectivity index (χ4n) is 4.93. The minimum Gasteiger partial charge on any atom is -0.454 e. The Labute approximate surface area is 175 Å². The number of esters is 1. The van der Waals surface area contributed by atoms with E-state index in [-0.39, 0.29) is 41.4 Å². The number of hydrogen-bond donors (Lipinski definition) is 1. The predicted molar refractivity (Wildman–Crippen MR) is 109 cm³/mol. The second-order valence-corrected chi connectivity index (χ2v) is 8.76. The second-order valence-electron chi connectivity index (χ2n) is 8.76. The summed E-state index contributed by atoms with van der Waals surface area (Å²) in [4.78, 5) is 52.1. The third-order valence-electron chi connectivity index (χ3n) is 6.34. The first kappa shape index (κ1) is 20.3. The lowest BCUT2D eigenvalue weighted by atomic mass is 9.85. The molecule has 1 saturated carbocycles. The first-order chi connectivity index (χ1) is 14.3. The molecule has 30 heavy (non-hydrogen) atoms. The topological polar surface area (TPSA) is 92.8 Å². The van der Waals surface area contributed by atoms with Gasteiger partial charge < -0.3 is 10.1 Å². The van der Waals surface area contributed by atoms with Gasteiger partial charge in [0.1, 0.15) is 6.04 Å². The highest BCUT2D eigenvalue weighted by atomic mass is 16.5. The van der Waals surface area contributed by atoms with Crippen LogP contribution in [0.25, 0.3) is 0 Å². The van der Waals surface area contributed by atoms with Gasteiger partial charge in [0.15, 0.2) is 6.61 Å². The van der Waals surface area contributed by atoms with Crippen molar-refractivity contribution < 1.29 is 23.9 Å². The molecule has 7 nitrogen and oxygen atoms in total. The fourth-order valence-corrected chi connectivity index (χ4v) is 4.93. The number of fused-ring (bicyclic) bond motifs is 5. The van der Waals surface area contributed by atoms with E-state index in [2.05, 4.69) is 5.32 Å². The molecule has 3 amide bonds. The monoisotopic (exact) mass is 410 g/mol. The van der Waals surface area contributed by atoms with Crippen molar-refractivity contribution >= 4 is 29.4 Å². The maximum Gasteiger partial charge on any atom is 0.330 e. The van der Waals surface area contributed by atoms with Crippen LogP contribution < -0.4 is 5.32 Å². The number of anilines is 1. The molecule has 0 aromatic heterocycles. The van der Waals surface area contributed by atoms with E-state index in [9.17, 15) is 19.2 Å². The van der Waals surface area contributed by atoms with Crippen molar-refractivity contribution in [1.82, 2.24) is 4.90 Å². The van der Waals surface area contributed by atoms with E-state index in [1.54, 1.807) is 26.0 Å². The predicted octanol–water partition coefficient (Wildman–Crippen LogP) is 2.31. The van der Waals surface area contributed by atoms with Crippen LogP contribution in [-0.4, -0.2) is 41.2 Å². The molecular formula is C23H26N2O5. The number of benzene rings is 1. The lowest BCUT2D eigenvalue weighted by molar-refractivity contribution is -0.162. The molecule has 1 saturated heterocycles. The maximum atomic E-state index is 13.0. The molecule has 2 aliphatic carbocycles. The van der Waals surface area contributed by atoms with Crippen molar-refractivity contribution in [2.24, 2.45) is 29.6 Å². The molecule has 1 heterocycles. The van der Waals surface area contributed by atoms with Crippen LogP contribution in [0.3, 0.4) is 0 Å². The van der Waals surface area contributed by atoms with E-state index in [0.29, 0.717) is 5.69 Å². The molecule has 2 fully saturated rings. The lowest BCUT2D eigenvalue weighted by Gasteiger charge is -2.28. The molecule has 2 bridgehead atoms. The molecule has 3 aliphatic rings. The minimum absolute atomic E-state index is 0.0746. The SMILES string of the molecule is Cc1ccc(NC(=O)COC(=O)[C@H](C(C)C)N2C(=O)[C@@H]3[C@H](C2=O)[C@H]2C=C[C@H]3C2)cc1. The van der Waals surface area contributed by atoms with E-state index in [4.69, 9.17) is 4.74 Å². The highest BCUT2D eigenvalue weighted by Crippen LogP contribution is 2.53. The van der Waals surface area contributed by atoms with Crippen molar-refractivity contribution in [1.29, 1.82) is 0 Å². The van der Waals surface area contributed by atoms with Gasteiger partial charge in [-0.25, -0.2) is 4.79 Å². The number of carbonyl (C=O) groups is 4. The van der Waals surface area contributed by atoms with Crippen LogP contribution >= 0.6 is 0 Å². The molecule has 4 rings (SSSR count). The Hall–Kier alpha value is -2.96. The molecule has 158 valence electrons. The Bertz CT molecular complexity index is 890. The molecule has 0 unspecified atom stereocenters. The highest BCUT2D eigenvalue weighted by molar-refractivity contribution is 6.09. The Kier molecular flexibility index (Phi) is 5.22. The normalized spacial score (nSPS) is 27.5. The standard InChI is InChI=1S/C23H26N2O5/c1-12(2)20(23(29)30-11-17(26)24-16-8-4-13(3)5-9-16)25-21(27)18-14-6-7-15(10-14)19(18)22(25)28/h4-9,12,14-15,18-20H,10-11H2,1-3H3,(H,24,26)/t14-,15-,18-,19+,20-/m0/s1. The van der Waals surface area contributed by atoms with Gasteiger partial charge in [-0.05, 0) is 43.2 Å². The first-order valence-corrected chi connectivity index (χ1v) is 10.4. The number of nitrogens with zero attached hydrogens (tertiary/aromatic N) is 1. The van der Waals surface area contributed by atoms with Gasteiger partial charge in [0, 0.05) is 5.69 Å². The molecule has 1 aliphatic heterocycles. The van der Waals surface area contributed by atoms with Gasteiger partial charge >= 0.3 is 5.97 Å². The van der Waals surface area contributed by atoms with E-state index in [0.717, 1.165) is 16.9 Å². The third kappa shape index (κ3) is 3.42. The largest absolute Gasteiger partial charge is 0.454 e. The molecule has 5 atom stereocenters. The number of ether oxygens (including phenoxy) is 1. The number of carbonyl (C=O) groups excluding carboxylic acids is 4. The van der Waals surface area contributed by atoms with Gasteiger partial charge in [-0.3, -0.25) is 19.3 Å². The average Bonchev–Trinajstić information content (AvgIpc) is 3.38. The fraction of sp³-hybridized carbons (Fsp3) is 0.478. The van der Waals surface area contributed by atoms with Gasteiger partial charge in [-0.15, -0.1) is 0 Å². The zero-order valence-corrected chi connectivity index (χ0v) is 17.3. The van der Waals surface area contributed by atoms with Crippen molar-refractivity contribution in [3.05, 3.63) is 42.0 Å². The van der Waals surface area contributed by atoms with Crippen LogP contribution in [0, 0.1) is 36.5 Å². The molecule has 0 radical (unpaired) electrons. The van der Waals surface area contributed by atoms with Crippen LogP contribution in [-0.2, 0) is 23.9 Å². The number of imide groups is 1. The van der Waals surface area contributed by atoms with E-state index in [1.165, 1.54) is 0 Å². The summed E-state index contributed by atoms with van der Waals surface area (Å²) in [6.45, 7) is 4.99. The summed E-state index contributed by atoms with van der Waals surface area (Å²) in [5, 5.41) is 2.66. The molecule has 1 aromatic rings. The van der Waals surface area contributed by atoms with E-state index >= 15 is 0 Å². The van der Waals surface area contributed by atoms with Gasteiger partial charge in [-0.2, -0.15) is 0 Å². The summed E-state index contributed by atoms with van der Waals surface area (Å²) in [5.74, 6) is -2.70. The van der Waals surface area contributed by atoms with Gasteiger partial charge in [-0.1, -0.05) is 43.7 Å². The summed E-state index contributed by atoms with van der Waals surface area (Å²) in [6.07, 6.45) is 4.86. The zero-order valence-electron chi connectivity index (χ0n) is 17.3. The Balaban J connectivity index is 1.41. The zero-order chi connectivity index (χ0) is 21.6. The second kappa shape index (κ2) is 7.70. The molecule has 0 spiro atoms. The molecule has 1 aromatic carbocycles. The molecule has 1 N–H and O–H groups in total. The van der Waals surface area contributed by atoms with Crippen molar-refractivity contribution in [3.8, 4) is 0 Å². The van der Waals surface area contributed by atoms with E-state index < -0.39 is 24.5 Å². The number of allylic oxidation sites excluding steroid dienone is 2. The number of amides is 3. The lowest BCUT2D eigenvalue weighted by Crippen LogP contribution is -2.50. The number of hydrogen-bond acceptors (Lipinski definition) is 5. The van der Waals surface area contributed by atoms with Crippen molar-refractivity contribution in [2.75, 3.05) is 11.9 Å². The Morgan fingerprint density at radius 3 is 2.17 bits per heavy atom. The van der Waals surface area contributed by atoms with E-state index in [1.807, 2.05) is 31.2 Å². The first-order valence-electron chi connectivity index (χ1n) is 10.4. The third-order valence-corrected chi connectivity index (χ3v) is 6.34. The Morgan fingerprint density at radius 1 is 1.07 bits per heavy atom. The number of aryl methyl sites for hydroxylation is 1. The summed E-state index contributed by atoms with van der Waals surface area (Å²) < 4.78 is 5.21.